The molecule has 282 valence electrons. The summed E-state index contributed by atoms with van der Waals surface area (Å²) in [6.45, 7) is 4.54. The third-order valence-corrected chi connectivity index (χ3v) is 11.6. The van der Waals surface area contributed by atoms with Gasteiger partial charge < -0.3 is 14.2 Å². The van der Waals surface area contributed by atoms with E-state index in [1.807, 2.05) is 91.0 Å². The molecule has 0 saturated carbocycles. The van der Waals surface area contributed by atoms with Gasteiger partial charge in [-0.25, -0.2) is 19.3 Å². The van der Waals surface area contributed by atoms with Crippen LogP contribution >= 0.6 is 0 Å². The summed E-state index contributed by atoms with van der Waals surface area (Å²) in [4.78, 5) is 14.8. The number of fused-ring (bicyclic) bond motifs is 8. The lowest BCUT2D eigenvalue weighted by atomic mass is 9.76. The molecular weight excluding hydrogens is 722 g/mol. The summed E-state index contributed by atoms with van der Waals surface area (Å²) in [6.07, 6.45) is 4.29. The third-order valence-electron chi connectivity index (χ3n) is 11.6. The normalized spacial score (nSPS) is 15.9. The van der Waals surface area contributed by atoms with Gasteiger partial charge in [0, 0.05) is 44.2 Å². The Morgan fingerprint density at radius 2 is 1.07 bits per heavy atom. The molecule has 7 aromatic carbocycles. The van der Waals surface area contributed by atoms with Crippen LogP contribution < -0.4 is 14.2 Å². The quantitative estimate of drug-likeness (QED) is 0.161. The predicted molar refractivity (Wildman–Crippen MR) is 228 cm³/mol. The number of benzene rings is 7. The molecule has 1 aromatic heterocycles. The van der Waals surface area contributed by atoms with E-state index in [1.54, 1.807) is 26.4 Å². The molecule has 10 rings (SSSR count). The summed E-state index contributed by atoms with van der Waals surface area (Å²) in [5.74, 6) is 3.34. The van der Waals surface area contributed by atoms with Gasteiger partial charge in [0.25, 0.3) is 0 Å². The van der Waals surface area contributed by atoms with E-state index in [4.69, 9.17) is 29.2 Å². The molecule has 1 aliphatic carbocycles. The van der Waals surface area contributed by atoms with Crippen molar-refractivity contribution in [2.24, 2.45) is 0 Å². The van der Waals surface area contributed by atoms with Crippen LogP contribution in [-0.2, 0) is 11.0 Å². The van der Waals surface area contributed by atoms with Crippen molar-refractivity contribution in [3.05, 3.63) is 185 Å². The first-order valence-electron chi connectivity index (χ1n) is 19.3. The molecule has 1 unspecified atom stereocenters. The van der Waals surface area contributed by atoms with Gasteiger partial charge >= 0.3 is 0 Å². The van der Waals surface area contributed by atoms with Crippen molar-refractivity contribution in [3.8, 4) is 62.5 Å². The molecule has 0 radical (unpaired) electrons. The maximum absolute atomic E-state index is 14.6. The fourth-order valence-electron chi connectivity index (χ4n) is 8.76. The molecule has 6 nitrogen and oxygen atoms in total. The van der Waals surface area contributed by atoms with Crippen molar-refractivity contribution in [1.29, 1.82) is 0 Å². The van der Waals surface area contributed by atoms with E-state index >= 15 is 0 Å². The molecule has 0 amide bonds. The molecule has 1 aliphatic heterocycles. The van der Waals surface area contributed by atoms with Gasteiger partial charge in [-0.2, -0.15) is 0 Å². The number of hydrogen-bond donors (Lipinski definition) is 0. The fraction of sp³-hybridized carbons (Fsp3) is 0.118. The molecular formula is C51H38FN3O3. The summed E-state index contributed by atoms with van der Waals surface area (Å²) in [7, 11) is 3.30. The van der Waals surface area contributed by atoms with E-state index in [0.29, 0.717) is 34.7 Å². The van der Waals surface area contributed by atoms with E-state index in [0.717, 1.165) is 49.7 Å². The standard InChI is InChI=1S/C51H38FN3O3/c1-50(2)41-18-12-11-17-37(41)44-39-29-42(56-3)43(57-4)30-40(39)46-38(45(44)50)27-28-51(58-46,35-23-25-36(52)26-24-35)34-21-19-33(20-22-34)49-54-47(31-13-7-5-8-14-31)53-48(55-49)32-15-9-6-10-16-32/h5-30H,1-4H3. The summed E-state index contributed by atoms with van der Waals surface area (Å²) >= 11 is 0. The van der Waals surface area contributed by atoms with E-state index in [1.165, 1.54) is 28.8 Å². The van der Waals surface area contributed by atoms with Crippen LogP contribution in [0.1, 0.15) is 41.7 Å². The van der Waals surface area contributed by atoms with Crippen LogP contribution in [0.15, 0.2) is 152 Å². The van der Waals surface area contributed by atoms with Gasteiger partial charge in [-0.3, -0.25) is 0 Å². The van der Waals surface area contributed by atoms with Gasteiger partial charge in [0.2, 0.25) is 0 Å². The van der Waals surface area contributed by atoms with Crippen molar-refractivity contribution in [2.45, 2.75) is 24.9 Å². The van der Waals surface area contributed by atoms with E-state index in [-0.39, 0.29) is 11.2 Å². The van der Waals surface area contributed by atoms with Gasteiger partial charge in [-0.05, 0) is 58.0 Å². The molecule has 2 aliphatic rings. The Bertz CT molecular complexity index is 2850. The molecule has 7 heteroatoms. The number of hydrogen-bond acceptors (Lipinski definition) is 6. The maximum atomic E-state index is 14.6. The molecule has 0 fully saturated rings. The molecule has 1 atom stereocenters. The van der Waals surface area contributed by atoms with Gasteiger partial charge in [0.15, 0.2) is 34.6 Å². The molecule has 0 N–H and O–H groups in total. The van der Waals surface area contributed by atoms with Crippen LogP contribution in [0.25, 0.3) is 62.1 Å². The number of ether oxygens (including phenoxy) is 3. The smallest absolute Gasteiger partial charge is 0.178 e. The average molecular weight is 760 g/mol. The first kappa shape index (κ1) is 35.3. The summed E-state index contributed by atoms with van der Waals surface area (Å²) in [6, 6.07) is 47.2. The molecule has 0 spiro atoms. The molecule has 0 saturated heterocycles. The first-order valence-corrected chi connectivity index (χ1v) is 19.3. The minimum Gasteiger partial charge on any atom is -0.493 e. The highest BCUT2D eigenvalue weighted by atomic mass is 19.1. The largest absolute Gasteiger partial charge is 0.493 e. The minimum atomic E-state index is -1.13. The molecule has 8 aromatic rings. The second kappa shape index (κ2) is 13.5. The lowest BCUT2D eigenvalue weighted by molar-refractivity contribution is 0.163. The number of rotatable bonds is 7. The lowest BCUT2D eigenvalue weighted by Crippen LogP contribution is -2.35. The number of halogens is 1. The summed E-state index contributed by atoms with van der Waals surface area (Å²) in [5.41, 5.74) is 8.54. The first-order chi connectivity index (χ1) is 28.3. The SMILES string of the molecule is COc1cc2c3c(c4c(c2cc1OC)-c1ccccc1C4(C)C)C=CC(c1ccc(F)cc1)(c1ccc(-c2nc(-c4ccccc4)nc(-c4ccccc4)n2)cc1)O3. The highest BCUT2D eigenvalue weighted by Crippen LogP contribution is 2.59. The highest BCUT2D eigenvalue weighted by molar-refractivity contribution is 6.09. The summed E-state index contributed by atoms with van der Waals surface area (Å²) in [5, 5.41) is 1.89. The number of methoxy groups -OCH3 is 2. The van der Waals surface area contributed by atoms with Crippen molar-refractivity contribution in [3.63, 3.8) is 0 Å². The maximum Gasteiger partial charge on any atom is 0.178 e. The minimum absolute atomic E-state index is 0.327. The Morgan fingerprint density at radius 1 is 0.569 bits per heavy atom. The third kappa shape index (κ3) is 5.49. The van der Waals surface area contributed by atoms with Crippen LogP contribution in [0.5, 0.6) is 17.2 Å². The second-order valence-electron chi connectivity index (χ2n) is 15.2. The van der Waals surface area contributed by atoms with E-state index in [2.05, 4.69) is 56.3 Å². The van der Waals surface area contributed by atoms with Crippen molar-refractivity contribution < 1.29 is 18.6 Å². The van der Waals surface area contributed by atoms with Crippen molar-refractivity contribution in [2.75, 3.05) is 14.2 Å². The van der Waals surface area contributed by atoms with Crippen molar-refractivity contribution in [1.82, 2.24) is 15.0 Å². The number of nitrogens with zero attached hydrogens (tertiary/aromatic N) is 3. The zero-order chi connectivity index (χ0) is 39.6. The molecule has 2 heterocycles. The van der Waals surface area contributed by atoms with Crippen LogP contribution in [0.4, 0.5) is 4.39 Å². The average Bonchev–Trinajstić information content (AvgIpc) is 3.52. The monoisotopic (exact) mass is 759 g/mol. The molecule has 0 bridgehead atoms. The van der Waals surface area contributed by atoms with Crippen LogP contribution in [-0.4, -0.2) is 29.2 Å². The summed E-state index contributed by atoms with van der Waals surface area (Å²) < 4.78 is 33.8. The zero-order valence-corrected chi connectivity index (χ0v) is 32.5. The lowest BCUT2D eigenvalue weighted by Gasteiger charge is -2.38. The van der Waals surface area contributed by atoms with Crippen molar-refractivity contribution >= 4 is 16.8 Å². The second-order valence-corrected chi connectivity index (χ2v) is 15.2. The topological polar surface area (TPSA) is 66.4 Å². The molecule has 58 heavy (non-hydrogen) atoms. The Balaban J connectivity index is 1.17. The highest BCUT2D eigenvalue weighted by Gasteiger charge is 2.44. The predicted octanol–water partition coefficient (Wildman–Crippen LogP) is 11.8. The number of aromatic nitrogens is 3. The fourth-order valence-corrected chi connectivity index (χ4v) is 8.76. The Morgan fingerprint density at radius 3 is 1.64 bits per heavy atom. The van der Waals surface area contributed by atoms with E-state index < -0.39 is 5.60 Å². The van der Waals surface area contributed by atoms with Crippen LogP contribution in [0, 0.1) is 5.82 Å². The van der Waals surface area contributed by atoms with Gasteiger partial charge in [0.05, 0.1) is 14.2 Å². The van der Waals surface area contributed by atoms with Gasteiger partial charge in [-0.15, -0.1) is 0 Å². The Kier molecular flexibility index (Phi) is 8.23. The zero-order valence-electron chi connectivity index (χ0n) is 32.5. The Labute approximate surface area is 336 Å². The van der Waals surface area contributed by atoms with Crippen LogP contribution in [0.2, 0.25) is 0 Å². The van der Waals surface area contributed by atoms with Crippen LogP contribution in [0.3, 0.4) is 0 Å². The Hall–Kier alpha value is -7.12. The van der Waals surface area contributed by atoms with E-state index in [9.17, 15) is 4.39 Å². The van der Waals surface area contributed by atoms with Gasteiger partial charge in [-0.1, -0.05) is 141 Å². The van der Waals surface area contributed by atoms with Gasteiger partial charge in [0.1, 0.15) is 11.6 Å².